The summed E-state index contributed by atoms with van der Waals surface area (Å²) in [5, 5.41) is 11.7. The summed E-state index contributed by atoms with van der Waals surface area (Å²) in [5.41, 5.74) is 2.89. The largest absolute Gasteiger partial charge is 0.344 e. The summed E-state index contributed by atoms with van der Waals surface area (Å²) in [5.74, 6) is -0.106. The van der Waals surface area contributed by atoms with Gasteiger partial charge < -0.3 is 10.6 Å². The Labute approximate surface area is 158 Å². The molecule has 0 spiro atoms. The van der Waals surface area contributed by atoms with Crippen molar-refractivity contribution < 1.29 is 4.79 Å². The number of carbonyl (C=O) groups is 1. The third-order valence-electron chi connectivity index (χ3n) is 4.97. The van der Waals surface area contributed by atoms with Crippen LogP contribution in [0.25, 0.3) is 0 Å². The number of piperidine rings is 1. The second kappa shape index (κ2) is 7.77. The van der Waals surface area contributed by atoms with Gasteiger partial charge in [0.15, 0.2) is 0 Å². The van der Waals surface area contributed by atoms with Crippen molar-refractivity contribution in [2.24, 2.45) is 0 Å². The number of nitrogens with one attached hydrogen (secondary N) is 2. The van der Waals surface area contributed by atoms with Crippen molar-refractivity contribution in [3.05, 3.63) is 52.3 Å². The molecule has 7 heteroatoms. The fraction of sp³-hybridized carbons (Fsp3) is 0.444. The maximum Gasteiger partial charge on any atom is 0.272 e. The molecular weight excluding hydrogens is 359 g/mol. The molecule has 1 aromatic carbocycles. The molecule has 1 amide bonds. The Morgan fingerprint density at radius 2 is 2.20 bits per heavy atom. The van der Waals surface area contributed by atoms with Crippen LogP contribution >= 0.6 is 24.0 Å². The number of hydrogen-bond donors (Lipinski definition) is 2. The third-order valence-corrected chi connectivity index (χ3v) is 5.21. The monoisotopic (exact) mass is 380 g/mol. The number of rotatable bonds is 3. The van der Waals surface area contributed by atoms with E-state index >= 15 is 0 Å². The van der Waals surface area contributed by atoms with E-state index in [-0.39, 0.29) is 24.4 Å². The molecule has 2 aromatic rings. The fourth-order valence-corrected chi connectivity index (χ4v) is 3.88. The van der Waals surface area contributed by atoms with Crippen LogP contribution in [0.4, 0.5) is 0 Å². The molecule has 25 heavy (non-hydrogen) atoms. The van der Waals surface area contributed by atoms with Gasteiger partial charge in [-0.15, -0.1) is 12.4 Å². The van der Waals surface area contributed by atoms with E-state index < -0.39 is 0 Å². The van der Waals surface area contributed by atoms with E-state index in [4.69, 9.17) is 11.6 Å². The van der Waals surface area contributed by atoms with E-state index in [1.165, 1.54) is 11.1 Å². The summed E-state index contributed by atoms with van der Waals surface area (Å²) in [7, 11) is 0. The lowest BCUT2D eigenvalue weighted by Gasteiger charge is -2.22. The highest BCUT2D eigenvalue weighted by Gasteiger charge is 2.25. The summed E-state index contributed by atoms with van der Waals surface area (Å²) in [6, 6.07) is 8.09. The van der Waals surface area contributed by atoms with E-state index in [1.807, 2.05) is 35.1 Å². The summed E-state index contributed by atoms with van der Waals surface area (Å²) in [4.78, 5) is 12.5. The maximum absolute atomic E-state index is 12.5. The van der Waals surface area contributed by atoms with E-state index in [1.54, 1.807) is 0 Å². The van der Waals surface area contributed by atoms with Crippen molar-refractivity contribution in [3.8, 4) is 0 Å². The molecule has 134 valence electrons. The topological polar surface area (TPSA) is 59.0 Å². The number of benzene rings is 1. The van der Waals surface area contributed by atoms with Crippen molar-refractivity contribution in [1.82, 2.24) is 20.4 Å². The molecule has 1 fully saturated rings. The molecule has 0 saturated carbocycles. The van der Waals surface area contributed by atoms with E-state index in [2.05, 4.69) is 15.7 Å². The second-order valence-electron chi connectivity index (χ2n) is 6.59. The standard InChI is InChI=1S/C18H21ClN4O.ClH/c19-13-4-5-15-12(10-13)3-6-16(15)21-18(24)17-7-9-23(22-17)14-2-1-8-20-11-14;/h4-5,7,9-10,14,16,20H,1-3,6,8,11H2,(H,21,24);1H. The van der Waals surface area contributed by atoms with Gasteiger partial charge in [0.2, 0.25) is 0 Å². The highest BCUT2D eigenvalue weighted by atomic mass is 35.5. The normalized spacial score (nSPS) is 22.1. The van der Waals surface area contributed by atoms with Gasteiger partial charge in [-0.05, 0) is 61.6 Å². The lowest BCUT2D eigenvalue weighted by atomic mass is 10.1. The van der Waals surface area contributed by atoms with Crippen molar-refractivity contribution in [3.63, 3.8) is 0 Å². The van der Waals surface area contributed by atoms with Crippen LogP contribution in [-0.4, -0.2) is 28.8 Å². The average molecular weight is 381 g/mol. The molecule has 2 unspecified atom stereocenters. The Bertz CT molecular complexity index is 755. The van der Waals surface area contributed by atoms with Gasteiger partial charge in [-0.3, -0.25) is 9.48 Å². The van der Waals surface area contributed by atoms with Gasteiger partial charge in [0.05, 0.1) is 12.1 Å². The van der Waals surface area contributed by atoms with E-state index in [0.717, 1.165) is 43.8 Å². The molecule has 1 saturated heterocycles. The molecule has 5 nitrogen and oxygen atoms in total. The Morgan fingerprint density at radius 1 is 1.32 bits per heavy atom. The van der Waals surface area contributed by atoms with E-state index in [0.29, 0.717) is 11.7 Å². The molecule has 0 radical (unpaired) electrons. The summed E-state index contributed by atoms with van der Waals surface area (Å²) >= 11 is 6.04. The van der Waals surface area contributed by atoms with Crippen LogP contribution in [-0.2, 0) is 6.42 Å². The predicted octanol–water partition coefficient (Wildman–Crippen LogP) is 3.30. The van der Waals surface area contributed by atoms with Crippen LogP contribution in [0.3, 0.4) is 0 Å². The highest BCUT2D eigenvalue weighted by Crippen LogP contribution is 2.33. The van der Waals surface area contributed by atoms with Crippen molar-refractivity contribution in [1.29, 1.82) is 0 Å². The van der Waals surface area contributed by atoms with E-state index in [9.17, 15) is 4.79 Å². The zero-order valence-electron chi connectivity index (χ0n) is 13.9. The fourth-order valence-electron chi connectivity index (χ4n) is 3.69. The molecule has 1 aliphatic heterocycles. The number of aromatic nitrogens is 2. The molecular formula is C18H22Cl2N4O. The third kappa shape index (κ3) is 3.84. The molecule has 2 aliphatic rings. The lowest BCUT2D eigenvalue weighted by Crippen LogP contribution is -2.32. The lowest BCUT2D eigenvalue weighted by molar-refractivity contribution is 0.0930. The van der Waals surface area contributed by atoms with Gasteiger partial charge in [0.25, 0.3) is 5.91 Å². The first-order valence-electron chi connectivity index (χ1n) is 8.56. The summed E-state index contributed by atoms with van der Waals surface area (Å²) in [6.45, 7) is 1.98. The summed E-state index contributed by atoms with van der Waals surface area (Å²) in [6.07, 6.45) is 6.02. The van der Waals surface area contributed by atoms with Crippen molar-refractivity contribution >= 4 is 29.9 Å². The van der Waals surface area contributed by atoms with Crippen molar-refractivity contribution in [2.45, 2.75) is 37.8 Å². The van der Waals surface area contributed by atoms with Crippen molar-refractivity contribution in [2.75, 3.05) is 13.1 Å². The minimum absolute atomic E-state index is 0. The first-order chi connectivity index (χ1) is 11.7. The minimum Gasteiger partial charge on any atom is -0.344 e. The minimum atomic E-state index is -0.106. The Hall–Kier alpha value is -1.56. The first kappa shape index (κ1) is 18.2. The second-order valence-corrected chi connectivity index (χ2v) is 7.03. The Morgan fingerprint density at radius 3 is 3.00 bits per heavy atom. The van der Waals surface area contributed by atoms with Gasteiger partial charge in [0.1, 0.15) is 5.69 Å². The zero-order valence-corrected chi connectivity index (χ0v) is 15.4. The number of halogens is 2. The number of carbonyl (C=O) groups excluding carboxylic acids is 1. The van der Waals surface area contributed by atoms with Gasteiger partial charge >= 0.3 is 0 Å². The number of hydrogen-bond acceptors (Lipinski definition) is 3. The quantitative estimate of drug-likeness (QED) is 0.858. The highest BCUT2D eigenvalue weighted by molar-refractivity contribution is 6.30. The van der Waals surface area contributed by atoms with Gasteiger partial charge in [-0.25, -0.2) is 0 Å². The number of nitrogens with zero attached hydrogens (tertiary/aromatic N) is 2. The molecule has 1 aromatic heterocycles. The van der Waals surface area contributed by atoms with Crippen LogP contribution in [0.1, 0.15) is 53.0 Å². The molecule has 0 bridgehead atoms. The van der Waals surface area contributed by atoms with Crippen LogP contribution in [0.2, 0.25) is 5.02 Å². The van der Waals surface area contributed by atoms with Gasteiger partial charge in [-0.1, -0.05) is 17.7 Å². The number of amides is 1. The predicted molar refractivity (Wildman–Crippen MR) is 101 cm³/mol. The number of fused-ring (bicyclic) bond motifs is 1. The SMILES string of the molecule is Cl.O=C(NC1CCc2cc(Cl)ccc21)c1ccn(C2CCCNC2)n1. The zero-order chi connectivity index (χ0) is 16.5. The van der Waals surface area contributed by atoms with Gasteiger partial charge in [-0.2, -0.15) is 5.10 Å². The molecule has 2 heterocycles. The average Bonchev–Trinajstić information content (AvgIpc) is 3.23. The molecule has 2 atom stereocenters. The molecule has 4 rings (SSSR count). The number of aryl methyl sites for hydroxylation is 1. The molecule has 1 aliphatic carbocycles. The summed E-state index contributed by atoms with van der Waals surface area (Å²) < 4.78 is 1.92. The first-order valence-corrected chi connectivity index (χ1v) is 8.93. The van der Waals surface area contributed by atoms with Crippen LogP contribution in [0.5, 0.6) is 0 Å². The Kier molecular flexibility index (Phi) is 5.67. The smallest absolute Gasteiger partial charge is 0.272 e. The van der Waals surface area contributed by atoms with Crippen LogP contribution in [0.15, 0.2) is 30.5 Å². The Balaban J connectivity index is 0.00000182. The maximum atomic E-state index is 12.5. The molecule has 2 N–H and O–H groups in total. The van der Waals surface area contributed by atoms with Gasteiger partial charge in [0, 0.05) is 17.8 Å². The van der Waals surface area contributed by atoms with Crippen LogP contribution in [0, 0.1) is 0 Å². The van der Waals surface area contributed by atoms with Crippen LogP contribution < -0.4 is 10.6 Å².